The zero-order valence-electron chi connectivity index (χ0n) is 11.1. The maximum absolute atomic E-state index is 12.1. The number of nitrogens with zero attached hydrogens (tertiary/aromatic N) is 1. The van der Waals surface area contributed by atoms with Crippen molar-refractivity contribution in [3.63, 3.8) is 0 Å². The summed E-state index contributed by atoms with van der Waals surface area (Å²) >= 11 is 1.50. The molecule has 0 unspecified atom stereocenters. The molecule has 0 bridgehead atoms. The van der Waals surface area contributed by atoms with Gasteiger partial charge in [-0.2, -0.15) is 0 Å². The minimum atomic E-state index is -2.99. The van der Waals surface area contributed by atoms with Gasteiger partial charge >= 0.3 is 0 Å². The molecule has 3 rings (SSSR count). The smallest absolute Gasteiger partial charge is 0.233 e. The molecule has 0 saturated carbocycles. The first-order chi connectivity index (χ1) is 9.51. The first-order valence-electron chi connectivity index (χ1n) is 6.70. The van der Waals surface area contributed by atoms with Crippen LogP contribution in [-0.4, -0.2) is 47.9 Å². The lowest BCUT2D eigenvalue weighted by atomic mass is 10.1. The second-order valence-corrected chi connectivity index (χ2v) is 8.88. The van der Waals surface area contributed by atoms with Crippen LogP contribution in [0.1, 0.15) is 12.0 Å². The highest BCUT2D eigenvalue weighted by Crippen LogP contribution is 2.44. The van der Waals surface area contributed by atoms with Crippen LogP contribution < -0.4 is 0 Å². The Bertz CT molecular complexity index is 615. The first kappa shape index (κ1) is 13.9. The summed E-state index contributed by atoms with van der Waals surface area (Å²) < 4.78 is 23.5. The molecule has 2 aliphatic rings. The molecule has 1 atom stereocenters. The van der Waals surface area contributed by atoms with Gasteiger partial charge in [0.25, 0.3) is 0 Å². The summed E-state index contributed by atoms with van der Waals surface area (Å²) in [5.41, 5.74) is 1.17. The van der Waals surface area contributed by atoms with Crippen molar-refractivity contribution in [2.75, 3.05) is 23.8 Å². The lowest BCUT2D eigenvalue weighted by molar-refractivity contribution is -0.129. The zero-order valence-corrected chi connectivity index (χ0v) is 12.8. The highest BCUT2D eigenvalue weighted by molar-refractivity contribution is 8.03. The predicted octanol–water partition coefficient (Wildman–Crippen LogP) is 1.32. The van der Waals surface area contributed by atoms with Crippen LogP contribution in [0.25, 0.3) is 0 Å². The third kappa shape index (κ3) is 2.59. The lowest BCUT2D eigenvalue weighted by Gasteiger charge is -2.33. The van der Waals surface area contributed by atoms with E-state index >= 15 is 0 Å². The van der Waals surface area contributed by atoms with Gasteiger partial charge in [0.2, 0.25) is 5.91 Å². The van der Waals surface area contributed by atoms with E-state index in [9.17, 15) is 13.2 Å². The molecule has 108 valence electrons. The molecule has 2 heterocycles. The second-order valence-electron chi connectivity index (χ2n) is 5.36. The minimum absolute atomic E-state index is 0.0723. The Hall–Kier alpha value is -1.01. The summed E-state index contributed by atoms with van der Waals surface area (Å²) in [7, 11) is -2.99. The predicted molar refractivity (Wildman–Crippen MR) is 80.3 cm³/mol. The summed E-state index contributed by atoms with van der Waals surface area (Å²) in [4.78, 5) is 13.4. The molecule has 0 radical (unpaired) electrons. The summed E-state index contributed by atoms with van der Waals surface area (Å²) in [5.74, 6) is 0.799. The maximum atomic E-state index is 12.1. The molecule has 0 N–H and O–H groups in total. The van der Waals surface area contributed by atoms with Crippen molar-refractivity contribution < 1.29 is 13.2 Å². The van der Waals surface area contributed by atoms with Crippen molar-refractivity contribution in [3.8, 4) is 0 Å². The fourth-order valence-corrected chi connectivity index (χ4v) is 6.85. The standard InChI is InChI=1S/C14H17NO3S2/c16-13-10-19-14(7-9-20(17,18)11-14)15(13)8-6-12-4-2-1-3-5-12/h1-5H,6-11H2/t14-/m1/s1. The molecule has 6 heteroatoms. The molecule has 20 heavy (non-hydrogen) atoms. The van der Waals surface area contributed by atoms with Crippen LogP contribution in [0, 0.1) is 0 Å². The Morgan fingerprint density at radius 1 is 1.25 bits per heavy atom. The first-order valence-corrected chi connectivity index (χ1v) is 9.50. The molecular formula is C14H17NO3S2. The quantitative estimate of drug-likeness (QED) is 0.845. The SMILES string of the molecule is O=C1CS[C@@]2(CCS(=O)(=O)C2)N1CCc1ccccc1. The fourth-order valence-electron chi connectivity index (χ4n) is 2.92. The third-order valence-corrected chi connectivity index (χ3v) is 7.40. The van der Waals surface area contributed by atoms with Crippen LogP contribution in [0.2, 0.25) is 0 Å². The van der Waals surface area contributed by atoms with Gasteiger partial charge < -0.3 is 4.90 Å². The van der Waals surface area contributed by atoms with Gasteiger partial charge in [0, 0.05) is 6.54 Å². The Morgan fingerprint density at radius 2 is 2.00 bits per heavy atom. The van der Waals surface area contributed by atoms with Crippen LogP contribution in [-0.2, 0) is 21.1 Å². The van der Waals surface area contributed by atoms with E-state index < -0.39 is 14.7 Å². The normalized spacial score (nSPS) is 28.4. The van der Waals surface area contributed by atoms with Gasteiger partial charge in [0.15, 0.2) is 9.84 Å². The van der Waals surface area contributed by atoms with Crippen LogP contribution in [0.15, 0.2) is 30.3 Å². The number of amides is 1. The van der Waals surface area contributed by atoms with E-state index in [0.29, 0.717) is 18.7 Å². The van der Waals surface area contributed by atoms with Gasteiger partial charge in [0.05, 0.1) is 17.3 Å². The van der Waals surface area contributed by atoms with Gasteiger partial charge in [-0.15, -0.1) is 11.8 Å². The maximum Gasteiger partial charge on any atom is 0.233 e. The number of hydrogen-bond acceptors (Lipinski definition) is 4. The van der Waals surface area contributed by atoms with E-state index in [0.717, 1.165) is 6.42 Å². The summed E-state index contributed by atoms with van der Waals surface area (Å²) in [6.07, 6.45) is 1.34. The molecule has 2 aliphatic heterocycles. The highest BCUT2D eigenvalue weighted by atomic mass is 32.2. The number of carbonyl (C=O) groups is 1. The van der Waals surface area contributed by atoms with Gasteiger partial charge in [0.1, 0.15) is 4.87 Å². The summed E-state index contributed by atoms with van der Waals surface area (Å²) in [6, 6.07) is 9.99. The van der Waals surface area contributed by atoms with Gasteiger partial charge in [-0.05, 0) is 18.4 Å². The van der Waals surface area contributed by atoms with E-state index in [-0.39, 0.29) is 17.4 Å². The molecule has 1 amide bonds. The van der Waals surface area contributed by atoms with Crippen molar-refractivity contribution in [3.05, 3.63) is 35.9 Å². The van der Waals surface area contributed by atoms with Crippen molar-refractivity contribution in [2.45, 2.75) is 17.7 Å². The van der Waals surface area contributed by atoms with Gasteiger partial charge in [-0.1, -0.05) is 30.3 Å². The van der Waals surface area contributed by atoms with Crippen molar-refractivity contribution in [1.82, 2.24) is 4.90 Å². The number of carbonyl (C=O) groups excluding carboxylic acids is 1. The fraction of sp³-hybridized carbons (Fsp3) is 0.500. The van der Waals surface area contributed by atoms with E-state index in [1.54, 1.807) is 4.90 Å². The average Bonchev–Trinajstić information content (AvgIpc) is 2.89. The molecule has 0 aromatic heterocycles. The molecule has 1 aromatic carbocycles. The largest absolute Gasteiger partial charge is 0.326 e. The lowest BCUT2D eigenvalue weighted by Crippen LogP contribution is -2.46. The molecule has 2 saturated heterocycles. The van der Waals surface area contributed by atoms with Crippen LogP contribution in [0.3, 0.4) is 0 Å². The molecule has 0 aliphatic carbocycles. The monoisotopic (exact) mass is 311 g/mol. The van der Waals surface area contributed by atoms with Gasteiger partial charge in [-0.3, -0.25) is 4.79 Å². The highest BCUT2D eigenvalue weighted by Gasteiger charge is 2.52. The van der Waals surface area contributed by atoms with Crippen molar-refractivity contribution in [1.29, 1.82) is 0 Å². The summed E-state index contributed by atoms with van der Waals surface area (Å²) in [5, 5.41) is 0. The second kappa shape index (κ2) is 5.07. The van der Waals surface area contributed by atoms with Crippen molar-refractivity contribution >= 4 is 27.5 Å². The molecular weight excluding hydrogens is 294 g/mol. The van der Waals surface area contributed by atoms with E-state index in [1.165, 1.54) is 17.3 Å². The third-order valence-electron chi connectivity index (χ3n) is 3.97. The molecule has 1 spiro atoms. The van der Waals surface area contributed by atoms with Crippen LogP contribution in [0.5, 0.6) is 0 Å². The minimum Gasteiger partial charge on any atom is -0.326 e. The number of rotatable bonds is 3. The average molecular weight is 311 g/mol. The molecule has 2 fully saturated rings. The topological polar surface area (TPSA) is 54.5 Å². The van der Waals surface area contributed by atoms with Gasteiger partial charge in [-0.25, -0.2) is 8.42 Å². The van der Waals surface area contributed by atoms with E-state index in [4.69, 9.17) is 0 Å². The molecule has 4 nitrogen and oxygen atoms in total. The number of hydrogen-bond donors (Lipinski definition) is 0. The Kier molecular flexibility index (Phi) is 3.54. The Balaban J connectivity index is 1.75. The summed E-state index contributed by atoms with van der Waals surface area (Å²) in [6.45, 7) is 0.603. The van der Waals surface area contributed by atoms with Crippen LogP contribution >= 0.6 is 11.8 Å². The molecule has 1 aromatic rings. The number of benzene rings is 1. The van der Waals surface area contributed by atoms with Crippen molar-refractivity contribution in [2.24, 2.45) is 0 Å². The van der Waals surface area contributed by atoms with E-state index in [1.807, 2.05) is 30.3 Å². The van der Waals surface area contributed by atoms with Crippen LogP contribution in [0.4, 0.5) is 0 Å². The number of sulfone groups is 1. The van der Waals surface area contributed by atoms with E-state index in [2.05, 4.69) is 0 Å². The Labute approximate surface area is 123 Å². The Morgan fingerprint density at radius 3 is 2.65 bits per heavy atom. The number of thioether (sulfide) groups is 1. The zero-order chi connectivity index (χ0) is 14.2.